The van der Waals surface area contributed by atoms with E-state index in [4.69, 9.17) is 5.26 Å². The Morgan fingerprint density at radius 2 is 1.93 bits per heavy atom. The van der Waals surface area contributed by atoms with E-state index in [1.165, 1.54) is 10.9 Å². The van der Waals surface area contributed by atoms with Crippen molar-refractivity contribution in [1.29, 1.82) is 5.26 Å². The van der Waals surface area contributed by atoms with Crippen molar-refractivity contribution in [2.75, 3.05) is 0 Å². The maximum absolute atomic E-state index is 12.5. The molecule has 4 rings (SSSR count). The summed E-state index contributed by atoms with van der Waals surface area (Å²) in [5.41, 5.74) is 2.86. The SMILES string of the molecule is Cc1cc(-n2nc(C)c(-c3ccc(C#N)cc3)c2O)ncc1S(=O)(=O)NC1CC1. The molecule has 2 heterocycles. The number of nitrogens with one attached hydrogen (secondary N) is 1. The van der Waals surface area contributed by atoms with Crippen LogP contribution in [-0.4, -0.2) is 34.3 Å². The summed E-state index contributed by atoms with van der Waals surface area (Å²) >= 11 is 0. The Hall–Kier alpha value is -3.22. The van der Waals surface area contributed by atoms with Crippen LogP contribution in [-0.2, 0) is 10.0 Å². The third kappa shape index (κ3) is 3.60. The predicted molar refractivity (Wildman–Crippen MR) is 106 cm³/mol. The predicted octanol–water partition coefficient (Wildman–Crippen LogP) is 2.57. The van der Waals surface area contributed by atoms with Gasteiger partial charge in [0.05, 0.1) is 22.9 Å². The van der Waals surface area contributed by atoms with Gasteiger partial charge in [0.15, 0.2) is 5.82 Å². The molecule has 1 fully saturated rings. The van der Waals surface area contributed by atoms with Crippen LogP contribution < -0.4 is 4.72 Å². The number of benzene rings is 1. The molecule has 0 atom stereocenters. The zero-order valence-electron chi connectivity index (χ0n) is 15.9. The second-order valence-corrected chi connectivity index (χ2v) is 8.77. The molecule has 1 aliphatic carbocycles. The minimum atomic E-state index is -3.62. The van der Waals surface area contributed by atoms with Crippen LogP contribution >= 0.6 is 0 Å². The monoisotopic (exact) mass is 409 g/mol. The van der Waals surface area contributed by atoms with Gasteiger partial charge in [0.1, 0.15) is 4.90 Å². The van der Waals surface area contributed by atoms with Crippen LogP contribution in [0.2, 0.25) is 0 Å². The largest absolute Gasteiger partial charge is 0.493 e. The summed E-state index contributed by atoms with van der Waals surface area (Å²) in [6.45, 7) is 3.44. The highest BCUT2D eigenvalue weighted by atomic mass is 32.2. The fraction of sp³-hybridized carbons (Fsp3) is 0.250. The molecule has 3 aromatic rings. The molecule has 0 radical (unpaired) electrons. The number of aromatic hydroxyl groups is 1. The first-order chi connectivity index (χ1) is 13.8. The lowest BCUT2D eigenvalue weighted by atomic mass is 10.0. The molecule has 0 spiro atoms. The summed E-state index contributed by atoms with van der Waals surface area (Å²) in [4.78, 5) is 4.33. The lowest BCUT2D eigenvalue weighted by Crippen LogP contribution is -2.26. The van der Waals surface area contributed by atoms with Gasteiger partial charge in [0.2, 0.25) is 15.9 Å². The van der Waals surface area contributed by atoms with Crippen LogP contribution in [0.1, 0.15) is 29.7 Å². The number of pyridine rings is 1. The molecule has 1 saturated carbocycles. The van der Waals surface area contributed by atoms with Gasteiger partial charge in [-0.3, -0.25) is 0 Å². The van der Waals surface area contributed by atoms with Crippen molar-refractivity contribution in [2.24, 2.45) is 0 Å². The minimum absolute atomic E-state index is 0.00636. The Morgan fingerprint density at radius 1 is 1.24 bits per heavy atom. The number of nitriles is 1. The first kappa shape index (κ1) is 19.1. The van der Waals surface area contributed by atoms with Crippen LogP contribution in [0, 0.1) is 25.2 Å². The lowest BCUT2D eigenvalue weighted by molar-refractivity contribution is 0.433. The summed E-state index contributed by atoms with van der Waals surface area (Å²) in [5.74, 6) is 0.208. The van der Waals surface area contributed by atoms with E-state index in [0.717, 1.165) is 18.4 Å². The molecule has 0 unspecified atom stereocenters. The van der Waals surface area contributed by atoms with Gasteiger partial charge in [-0.25, -0.2) is 18.1 Å². The number of sulfonamides is 1. The second kappa shape index (κ2) is 6.99. The third-order valence-corrected chi connectivity index (χ3v) is 6.44. The zero-order valence-corrected chi connectivity index (χ0v) is 16.7. The summed E-state index contributed by atoms with van der Waals surface area (Å²) in [5, 5.41) is 24.1. The van der Waals surface area contributed by atoms with Gasteiger partial charge in [0, 0.05) is 12.2 Å². The Bertz CT molecular complexity index is 1240. The highest BCUT2D eigenvalue weighted by Gasteiger charge is 2.29. The van der Waals surface area contributed by atoms with Gasteiger partial charge in [0.25, 0.3) is 0 Å². The fourth-order valence-corrected chi connectivity index (χ4v) is 4.61. The molecule has 0 bridgehead atoms. The highest BCUT2D eigenvalue weighted by Crippen LogP contribution is 2.34. The van der Waals surface area contributed by atoms with Crippen molar-refractivity contribution in [2.45, 2.75) is 37.6 Å². The van der Waals surface area contributed by atoms with Gasteiger partial charge >= 0.3 is 0 Å². The topological polar surface area (TPSA) is 121 Å². The molecule has 29 heavy (non-hydrogen) atoms. The maximum atomic E-state index is 12.5. The van der Waals surface area contributed by atoms with Crippen molar-refractivity contribution in [3.05, 3.63) is 53.3 Å². The molecule has 0 amide bonds. The molecule has 1 aromatic carbocycles. The molecule has 1 aliphatic rings. The standard InChI is InChI=1S/C20H19N5O3S/c1-12-9-18(22-11-17(12)29(27,28)24-16-7-8-16)25-20(26)19(13(2)23-25)15-5-3-14(10-21)4-6-15/h3-6,9,11,16,24,26H,7-8H2,1-2H3. The Kier molecular flexibility index (Phi) is 4.61. The molecule has 9 heteroatoms. The average molecular weight is 409 g/mol. The van der Waals surface area contributed by atoms with Crippen LogP contribution in [0.5, 0.6) is 5.88 Å². The third-order valence-electron chi connectivity index (χ3n) is 4.79. The van der Waals surface area contributed by atoms with Crippen molar-refractivity contribution >= 4 is 10.0 Å². The van der Waals surface area contributed by atoms with E-state index in [0.29, 0.717) is 28.2 Å². The van der Waals surface area contributed by atoms with Crippen LogP contribution in [0.15, 0.2) is 41.4 Å². The number of aryl methyl sites for hydroxylation is 2. The number of hydrogen-bond donors (Lipinski definition) is 2. The van der Waals surface area contributed by atoms with Crippen molar-refractivity contribution in [1.82, 2.24) is 19.5 Å². The summed E-state index contributed by atoms with van der Waals surface area (Å²) in [6.07, 6.45) is 2.98. The quantitative estimate of drug-likeness (QED) is 0.668. The van der Waals surface area contributed by atoms with Crippen LogP contribution in [0.25, 0.3) is 16.9 Å². The van der Waals surface area contributed by atoms with Gasteiger partial charge < -0.3 is 5.11 Å². The molecule has 2 N–H and O–H groups in total. The molecule has 0 saturated heterocycles. The molecule has 2 aromatic heterocycles. The first-order valence-electron chi connectivity index (χ1n) is 9.08. The van der Waals surface area contributed by atoms with Gasteiger partial charge in [-0.1, -0.05) is 12.1 Å². The van der Waals surface area contributed by atoms with Crippen LogP contribution in [0.3, 0.4) is 0 Å². The zero-order chi connectivity index (χ0) is 20.8. The van der Waals surface area contributed by atoms with E-state index in [2.05, 4.69) is 20.9 Å². The normalized spacial score (nSPS) is 14.0. The van der Waals surface area contributed by atoms with E-state index in [1.807, 2.05) is 0 Å². The van der Waals surface area contributed by atoms with Crippen molar-refractivity contribution in [3.63, 3.8) is 0 Å². The van der Waals surface area contributed by atoms with Crippen LogP contribution in [0.4, 0.5) is 0 Å². The van der Waals surface area contributed by atoms with E-state index in [-0.39, 0.29) is 16.8 Å². The van der Waals surface area contributed by atoms with E-state index < -0.39 is 10.0 Å². The van der Waals surface area contributed by atoms with Gasteiger partial charge in [-0.15, -0.1) is 0 Å². The number of aromatic nitrogens is 3. The van der Waals surface area contributed by atoms with Gasteiger partial charge in [-0.2, -0.15) is 15.0 Å². The average Bonchev–Trinajstić information content (AvgIpc) is 3.44. The summed E-state index contributed by atoms with van der Waals surface area (Å²) in [7, 11) is -3.62. The summed E-state index contributed by atoms with van der Waals surface area (Å²) < 4.78 is 28.9. The van der Waals surface area contributed by atoms with E-state index in [1.54, 1.807) is 44.2 Å². The molecule has 0 aliphatic heterocycles. The van der Waals surface area contributed by atoms with Crippen molar-refractivity contribution in [3.8, 4) is 28.9 Å². The smallest absolute Gasteiger partial charge is 0.242 e. The number of rotatable bonds is 5. The Balaban J connectivity index is 1.72. The molecule has 8 nitrogen and oxygen atoms in total. The highest BCUT2D eigenvalue weighted by molar-refractivity contribution is 7.89. The minimum Gasteiger partial charge on any atom is -0.493 e. The fourth-order valence-electron chi connectivity index (χ4n) is 3.13. The maximum Gasteiger partial charge on any atom is 0.242 e. The second-order valence-electron chi connectivity index (χ2n) is 7.09. The Morgan fingerprint density at radius 3 is 2.52 bits per heavy atom. The number of hydrogen-bond acceptors (Lipinski definition) is 6. The lowest BCUT2D eigenvalue weighted by Gasteiger charge is -2.10. The van der Waals surface area contributed by atoms with Crippen molar-refractivity contribution < 1.29 is 13.5 Å². The molecular formula is C20H19N5O3S. The van der Waals surface area contributed by atoms with E-state index in [9.17, 15) is 13.5 Å². The van der Waals surface area contributed by atoms with Gasteiger partial charge in [-0.05, 0) is 56.0 Å². The molecule has 148 valence electrons. The number of nitrogens with zero attached hydrogens (tertiary/aromatic N) is 4. The molecular weight excluding hydrogens is 390 g/mol. The first-order valence-corrected chi connectivity index (χ1v) is 10.6. The van der Waals surface area contributed by atoms with E-state index >= 15 is 0 Å². The summed E-state index contributed by atoms with van der Waals surface area (Å²) in [6, 6.07) is 10.5. The Labute approximate surface area is 168 Å².